The summed E-state index contributed by atoms with van der Waals surface area (Å²) in [7, 11) is 1.59. The molecule has 0 fully saturated rings. The number of hydrogen-bond donors (Lipinski definition) is 1. The largest absolute Gasteiger partial charge is 0.480 e. The average molecular weight is 266 g/mol. The van der Waals surface area contributed by atoms with Crippen LogP contribution in [0.2, 0.25) is 0 Å². The number of anilines is 1. The highest BCUT2D eigenvalue weighted by Crippen LogP contribution is 2.28. The molecule has 2 rings (SSSR count). The summed E-state index contributed by atoms with van der Waals surface area (Å²) >= 11 is 1.62. The average Bonchev–Trinajstić information content (AvgIpc) is 2.82. The SMILES string of the molecule is COCCN(CC(=O)O)c1nccc2sccc12. The van der Waals surface area contributed by atoms with Crippen molar-refractivity contribution in [2.24, 2.45) is 0 Å². The van der Waals surface area contributed by atoms with Crippen LogP contribution < -0.4 is 4.90 Å². The van der Waals surface area contributed by atoms with Gasteiger partial charge >= 0.3 is 5.97 Å². The summed E-state index contributed by atoms with van der Waals surface area (Å²) in [5.74, 6) is -0.173. The Hall–Kier alpha value is -1.66. The molecule has 0 bridgehead atoms. The Morgan fingerprint density at radius 1 is 1.56 bits per heavy atom. The van der Waals surface area contributed by atoms with Crippen molar-refractivity contribution in [2.75, 3.05) is 31.7 Å². The van der Waals surface area contributed by atoms with Gasteiger partial charge in [-0.2, -0.15) is 0 Å². The Labute approximate surface area is 109 Å². The Bertz CT molecular complexity index is 541. The van der Waals surface area contributed by atoms with Gasteiger partial charge in [0.15, 0.2) is 0 Å². The quantitative estimate of drug-likeness (QED) is 0.864. The van der Waals surface area contributed by atoms with Crippen LogP contribution in [0.1, 0.15) is 0 Å². The number of carboxylic acids is 1. The molecule has 0 aliphatic rings. The van der Waals surface area contributed by atoms with Crippen LogP contribution >= 0.6 is 11.3 Å². The number of fused-ring (bicyclic) bond motifs is 1. The van der Waals surface area contributed by atoms with Gasteiger partial charge in [0.25, 0.3) is 0 Å². The normalized spacial score (nSPS) is 10.7. The predicted octanol–water partition coefficient (Wildman–Crippen LogP) is 1.83. The molecular formula is C12H14N2O3S. The second-order valence-corrected chi connectivity index (χ2v) is 4.72. The number of hydrogen-bond acceptors (Lipinski definition) is 5. The van der Waals surface area contributed by atoms with Crippen molar-refractivity contribution in [3.8, 4) is 0 Å². The summed E-state index contributed by atoms with van der Waals surface area (Å²) in [5, 5.41) is 11.9. The van der Waals surface area contributed by atoms with Gasteiger partial charge in [-0.25, -0.2) is 4.98 Å². The zero-order valence-corrected chi connectivity index (χ0v) is 10.8. The lowest BCUT2D eigenvalue weighted by molar-refractivity contribution is -0.135. The first kappa shape index (κ1) is 12.8. The molecule has 0 saturated carbocycles. The number of aliphatic carboxylic acids is 1. The molecule has 0 aliphatic carbocycles. The predicted molar refractivity (Wildman–Crippen MR) is 71.3 cm³/mol. The first-order chi connectivity index (χ1) is 8.72. The van der Waals surface area contributed by atoms with Gasteiger partial charge in [-0.3, -0.25) is 4.79 Å². The molecule has 2 aromatic heterocycles. The lowest BCUT2D eigenvalue weighted by Gasteiger charge is -2.21. The van der Waals surface area contributed by atoms with E-state index < -0.39 is 5.97 Å². The van der Waals surface area contributed by atoms with Crippen LogP contribution in [-0.4, -0.2) is 42.9 Å². The minimum absolute atomic E-state index is 0.0781. The van der Waals surface area contributed by atoms with Crippen molar-refractivity contribution < 1.29 is 14.6 Å². The van der Waals surface area contributed by atoms with E-state index in [4.69, 9.17) is 9.84 Å². The first-order valence-electron chi connectivity index (χ1n) is 5.50. The third-order valence-electron chi connectivity index (χ3n) is 2.55. The molecule has 0 amide bonds. The number of pyridine rings is 1. The fraction of sp³-hybridized carbons (Fsp3) is 0.333. The summed E-state index contributed by atoms with van der Waals surface area (Å²) in [5.41, 5.74) is 0. The third kappa shape index (κ3) is 2.77. The molecule has 0 saturated heterocycles. The second-order valence-electron chi connectivity index (χ2n) is 3.78. The van der Waals surface area contributed by atoms with Crippen molar-refractivity contribution in [1.29, 1.82) is 0 Å². The number of aromatic nitrogens is 1. The summed E-state index contributed by atoms with van der Waals surface area (Å²) in [4.78, 5) is 16.9. The topological polar surface area (TPSA) is 62.7 Å². The molecule has 18 heavy (non-hydrogen) atoms. The standard InChI is InChI=1S/C12H14N2O3S/c1-17-6-5-14(8-11(15)16)12-9-3-7-18-10(9)2-4-13-12/h2-4,7H,5-6,8H2,1H3,(H,15,16). The highest BCUT2D eigenvalue weighted by Gasteiger charge is 2.15. The lowest BCUT2D eigenvalue weighted by Crippen LogP contribution is -2.33. The van der Waals surface area contributed by atoms with Crippen LogP contribution in [0.15, 0.2) is 23.7 Å². The molecule has 96 valence electrons. The number of methoxy groups -OCH3 is 1. The zero-order chi connectivity index (χ0) is 13.0. The Balaban J connectivity index is 2.33. The maximum atomic E-state index is 10.9. The van der Waals surface area contributed by atoms with E-state index in [9.17, 15) is 4.79 Å². The van der Waals surface area contributed by atoms with Crippen LogP contribution in [0.3, 0.4) is 0 Å². The summed E-state index contributed by atoms with van der Waals surface area (Å²) in [6.07, 6.45) is 1.70. The molecule has 6 heteroatoms. The number of ether oxygens (including phenoxy) is 1. The van der Waals surface area contributed by atoms with Gasteiger partial charge in [0.05, 0.1) is 6.61 Å². The fourth-order valence-corrected chi connectivity index (χ4v) is 2.53. The van der Waals surface area contributed by atoms with Crippen molar-refractivity contribution in [3.05, 3.63) is 23.7 Å². The number of rotatable bonds is 6. The van der Waals surface area contributed by atoms with E-state index in [-0.39, 0.29) is 6.54 Å². The molecule has 0 unspecified atom stereocenters. The molecule has 2 heterocycles. The van der Waals surface area contributed by atoms with Crippen molar-refractivity contribution in [2.45, 2.75) is 0 Å². The van der Waals surface area contributed by atoms with Crippen molar-refractivity contribution >= 4 is 33.2 Å². The first-order valence-corrected chi connectivity index (χ1v) is 6.38. The molecule has 0 aliphatic heterocycles. The van der Waals surface area contributed by atoms with Gasteiger partial charge in [-0.15, -0.1) is 11.3 Å². The van der Waals surface area contributed by atoms with E-state index in [1.54, 1.807) is 29.5 Å². The monoisotopic (exact) mass is 266 g/mol. The fourth-order valence-electron chi connectivity index (χ4n) is 1.76. The summed E-state index contributed by atoms with van der Waals surface area (Å²) in [6, 6.07) is 3.89. The third-order valence-corrected chi connectivity index (χ3v) is 3.43. The van der Waals surface area contributed by atoms with E-state index >= 15 is 0 Å². The Morgan fingerprint density at radius 3 is 3.11 bits per heavy atom. The molecule has 2 aromatic rings. The molecular weight excluding hydrogens is 252 g/mol. The van der Waals surface area contributed by atoms with E-state index in [2.05, 4.69) is 4.98 Å². The molecule has 1 N–H and O–H groups in total. The van der Waals surface area contributed by atoms with Gasteiger partial charge in [0, 0.05) is 29.9 Å². The lowest BCUT2D eigenvalue weighted by atomic mass is 10.3. The molecule has 5 nitrogen and oxygen atoms in total. The van der Waals surface area contributed by atoms with Crippen LogP contribution in [0.4, 0.5) is 5.82 Å². The van der Waals surface area contributed by atoms with Crippen LogP contribution in [0, 0.1) is 0 Å². The van der Waals surface area contributed by atoms with E-state index in [0.717, 1.165) is 10.1 Å². The molecule has 0 spiro atoms. The molecule has 0 radical (unpaired) electrons. The van der Waals surface area contributed by atoms with Crippen molar-refractivity contribution in [3.63, 3.8) is 0 Å². The van der Waals surface area contributed by atoms with Crippen LogP contribution in [-0.2, 0) is 9.53 Å². The van der Waals surface area contributed by atoms with Gasteiger partial charge in [-0.05, 0) is 17.5 Å². The van der Waals surface area contributed by atoms with Crippen LogP contribution in [0.25, 0.3) is 10.1 Å². The highest BCUT2D eigenvalue weighted by atomic mass is 32.1. The minimum Gasteiger partial charge on any atom is -0.480 e. The number of carboxylic acid groups (broad SMARTS) is 1. The van der Waals surface area contributed by atoms with Gasteiger partial charge in [-0.1, -0.05) is 0 Å². The minimum atomic E-state index is -0.875. The van der Waals surface area contributed by atoms with E-state index in [0.29, 0.717) is 19.0 Å². The molecule has 0 atom stereocenters. The van der Waals surface area contributed by atoms with Crippen molar-refractivity contribution in [1.82, 2.24) is 4.98 Å². The smallest absolute Gasteiger partial charge is 0.323 e. The maximum Gasteiger partial charge on any atom is 0.323 e. The van der Waals surface area contributed by atoms with Gasteiger partial charge in [0.1, 0.15) is 12.4 Å². The van der Waals surface area contributed by atoms with Crippen LogP contribution in [0.5, 0.6) is 0 Å². The van der Waals surface area contributed by atoms with E-state index in [1.807, 2.05) is 17.5 Å². The Kier molecular flexibility index (Phi) is 4.11. The zero-order valence-electron chi connectivity index (χ0n) is 10.00. The number of carbonyl (C=O) groups is 1. The number of thiophene rings is 1. The maximum absolute atomic E-state index is 10.9. The Morgan fingerprint density at radius 2 is 2.39 bits per heavy atom. The highest BCUT2D eigenvalue weighted by molar-refractivity contribution is 7.17. The molecule has 0 aromatic carbocycles. The number of nitrogens with zero attached hydrogens (tertiary/aromatic N) is 2. The van der Waals surface area contributed by atoms with E-state index in [1.165, 1.54) is 0 Å². The van der Waals surface area contributed by atoms with Gasteiger partial charge in [0.2, 0.25) is 0 Å². The summed E-state index contributed by atoms with van der Waals surface area (Å²) in [6.45, 7) is 0.894. The second kappa shape index (κ2) is 5.79. The summed E-state index contributed by atoms with van der Waals surface area (Å²) < 4.78 is 6.11. The van der Waals surface area contributed by atoms with Gasteiger partial charge < -0.3 is 14.7 Å².